The van der Waals surface area contributed by atoms with Gasteiger partial charge in [0.25, 0.3) is 0 Å². The van der Waals surface area contributed by atoms with Crippen LogP contribution in [0.15, 0.2) is 45.6 Å². The lowest BCUT2D eigenvalue weighted by Crippen LogP contribution is -2.06. The summed E-state index contributed by atoms with van der Waals surface area (Å²) < 4.78 is 10.9. The molecule has 1 aliphatic heterocycles. The van der Waals surface area contributed by atoms with Crippen LogP contribution < -0.4 is 0 Å². The van der Waals surface area contributed by atoms with Crippen LogP contribution in [-0.2, 0) is 9.53 Å². The van der Waals surface area contributed by atoms with Gasteiger partial charge < -0.3 is 9.15 Å². The molecule has 0 bridgehead atoms. The molecule has 1 aliphatic carbocycles. The normalized spacial score (nSPS) is 24.7. The first-order valence-corrected chi connectivity index (χ1v) is 7.72. The Kier molecular flexibility index (Phi) is 3.31. The van der Waals surface area contributed by atoms with E-state index in [-0.39, 0.29) is 11.6 Å². The highest BCUT2D eigenvalue weighted by Gasteiger charge is 2.36. The van der Waals surface area contributed by atoms with Crippen molar-refractivity contribution in [1.29, 1.82) is 0 Å². The number of aromatic nitrogens is 1. The van der Waals surface area contributed by atoms with Crippen molar-refractivity contribution < 1.29 is 13.9 Å². The molecule has 2 aliphatic rings. The molecule has 0 radical (unpaired) electrons. The lowest BCUT2D eigenvalue weighted by atomic mass is 10.3. The van der Waals surface area contributed by atoms with Crippen LogP contribution in [0.2, 0.25) is 5.02 Å². The number of pyridine rings is 1. The summed E-state index contributed by atoms with van der Waals surface area (Å²) >= 11 is 5.91. The number of nitrogens with zero attached hydrogens (tertiary/aromatic N) is 2. The minimum Gasteiger partial charge on any atom is -0.461 e. The van der Waals surface area contributed by atoms with Gasteiger partial charge in [0, 0.05) is 23.2 Å². The number of furan rings is 1. The van der Waals surface area contributed by atoms with Crippen molar-refractivity contribution in [3.63, 3.8) is 0 Å². The summed E-state index contributed by atoms with van der Waals surface area (Å²) in [6.45, 7) is 2.19. The molecule has 0 amide bonds. The van der Waals surface area contributed by atoms with Crippen LogP contribution in [0.4, 0.5) is 0 Å². The van der Waals surface area contributed by atoms with Gasteiger partial charge in [-0.1, -0.05) is 18.5 Å². The number of carbonyl (C=O) groups excluding carboxylic acids is 1. The van der Waals surface area contributed by atoms with E-state index in [0.29, 0.717) is 28.3 Å². The van der Waals surface area contributed by atoms with Crippen LogP contribution in [0.25, 0.3) is 6.08 Å². The summed E-state index contributed by atoms with van der Waals surface area (Å²) in [7, 11) is 0. The highest BCUT2D eigenvalue weighted by atomic mass is 35.5. The fraction of sp³-hybridized carbons (Fsp3) is 0.235. The smallest absolute Gasteiger partial charge is 0.364 e. The Labute approximate surface area is 137 Å². The minimum atomic E-state index is -0.528. The van der Waals surface area contributed by atoms with Crippen LogP contribution in [0, 0.1) is 5.92 Å². The van der Waals surface area contributed by atoms with Crippen molar-refractivity contribution in [2.24, 2.45) is 10.9 Å². The van der Waals surface area contributed by atoms with Crippen LogP contribution in [0.1, 0.15) is 36.5 Å². The first-order valence-electron chi connectivity index (χ1n) is 7.34. The second-order valence-corrected chi connectivity index (χ2v) is 6.19. The average molecular weight is 329 g/mol. The van der Waals surface area contributed by atoms with Gasteiger partial charge in [0.05, 0.1) is 0 Å². The lowest BCUT2D eigenvalue weighted by Gasteiger charge is -1.97. The fourth-order valence-corrected chi connectivity index (χ4v) is 2.70. The van der Waals surface area contributed by atoms with Gasteiger partial charge in [0.1, 0.15) is 17.2 Å². The van der Waals surface area contributed by atoms with E-state index in [4.69, 9.17) is 20.8 Å². The molecular weight excluding hydrogens is 316 g/mol. The van der Waals surface area contributed by atoms with Gasteiger partial charge in [-0.25, -0.2) is 9.79 Å². The topological polar surface area (TPSA) is 64.7 Å². The van der Waals surface area contributed by atoms with E-state index in [1.165, 1.54) is 6.20 Å². The quantitative estimate of drug-likeness (QED) is 0.635. The lowest BCUT2D eigenvalue weighted by molar-refractivity contribution is -0.129. The molecule has 0 aromatic carbocycles. The van der Waals surface area contributed by atoms with Gasteiger partial charge in [0.2, 0.25) is 5.90 Å². The molecule has 4 rings (SSSR count). The Morgan fingerprint density at radius 2 is 2.17 bits per heavy atom. The van der Waals surface area contributed by atoms with E-state index in [1.807, 2.05) is 12.1 Å². The summed E-state index contributed by atoms with van der Waals surface area (Å²) in [5, 5.41) is 0.500. The SMILES string of the molecule is C[C@H]1C[C@H]1c1ccc(/C=C2\N=C(c3cc(Cl)ccn3)OC2=O)o1. The van der Waals surface area contributed by atoms with Gasteiger partial charge >= 0.3 is 5.97 Å². The molecule has 6 heteroatoms. The monoisotopic (exact) mass is 328 g/mol. The Morgan fingerprint density at radius 3 is 2.91 bits per heavy atom. The number of cyclic esters (lactones) is 1. The summed E-state index contributed by atoms with van der Waals surface area (Å²) in [6.07, 6.45) is 4.26. The highest BCUT2D eigenvalue weighted by molar-refractivity contribution is 6.31. The molecule has 3 heterocycles. The molecular formula is C17H13ClN2O3. The number of carbonyl (C=O) groups is 1. The Hall–Kier alpha value is -2.40. The Balaban J connectivity index is 1.60. The molecule has 0 saturated heterocycles. The maximum atomic E-state index is 11.9. The largest absolute Gasteiger partial charge is 0.461 e. The zero-order valence-electron chi connectivity index (χ0n) is 12.3. The average Bonchev–Trinajstić information content (AvgIpc) is 2.94. The van der Waals surface area contributed by atoms with E-state index in [9.17, 15) is 4.79 Å². The second-order valence-electron chi connectivity index (χ2n) is 5.75. The second kappa shape index (κ2) is 5.35. The van der Waals surface area contributed by atoms with Gasteiger partial charge in [-0.2, -0.15) is 0 Å². The molecule has 0 spiro atoms. The summed E-state index contributed by atoms with van der Waals surface area (Å²) in [4.78, 5) is 20.2. The highest BCUT2D eigenvalue weighted by Crippen LogP contribution is 2.47. The van der Waals surface area contributed by atoms with Gasteiger partial charge in [-0.15, -0.1) is 0 Å². The zero-order chi connectivity index (χ0) is 16.0. The number of ether oxygens (including phenoxy) is 1. The van der Waals surface area contributed by atoms with Crippen molar-refractivity contribution in [2.45, 2.75) is 19.3 Å². The molecule has 2 aromatic rings. The van der Waals surface area contributed by atoms with Gasteiger partial charge in [-0.05, 0) is 36.6 Å². The third-order valence-corrected chi connectivity index (χ3v) is 4.20. The van der Waals surface area contributed by atoms with E-state index in [0.717, 1.165) is 12.2 Å². The van der Waals surface area contributed by atoms with Crippen LogP contribution in [0.5, 0.6) is 0 Å². The predicted octanol–water partition coefficient (Wildman–Crippen LogP) is 3.80. The number of halogens is 1. The first-order chi connectivity index (χ1) is 11.1. The van der Waals surface area contributed by atoms with Crippen LogP contribution in [0.3, 0.4) is 0 Å². The summed E-state index contributed by atoms with van der Waals surface area (Å²) in [5.74, 6) is 2.32. The van der Waals surface area contributed by atoms with Crippen molar-refractivity contribution >= 4 is 29.5 Å². The van der Waals surface area contributed by atoms with Crippen molar-refractivity contribution in [3.05, 3.63) is 58.4 Å². The number of hydrogen-bond acceptors (Lipinski definition) is 5. The molecule has 2 aromatic heterocycles. The maximum Gasteiger partial charge on any atom is 0.364 e. The Morgan fingerprint density at radius 1 is 1.35 bits per heavy atom. The molecule has 0 N–H and O–H groups in total. The molecule has 23 heavy (non-hydrogen) atoms. The van der Waals surface area contributed by atoms with Gasteiger partial charge in [0.15, 0.2) is 5.70 Å². The number of hydrogen-bond donors (Lipinski definition) is 0. The number of esters is 1. The maximum absolute atomic E-state index is 11.9. The zero-order valence-corrected chi connectivity index (χ0v) is 13.1. The minimum absolute atomic E-state index is 0.145. The van der Waals surface area contributed by atoms with E-state index >= 15 is 0 Å². The summed E-state index contributed by atoms with van der Waals surface area (Å²) in [6, 6.07) is 7.02. The fourth-order valence-electron chi connectivity index (χ4n) is 2.54. The Bertz CT molecular complexity index is 853. The number of aliphatic imine (C=N–C) groups is 1. The summed E-state index contributed by atoms with van der Waals surface area (Å²) in [5.41, 5.74) is 0.604. The third-order valence-electron chi connectivity index (χ3n) is 3.96. The van der Waals surface area contributed by atoms with E-state index in [1.54, 1.807) is 18.2 Å². The van der Waals surface area contributed by atoms with Crippen molar-refractivity contribution in [1.82, 2.24) is 4.98 Å². The molecule has 116 valence electrons. The van der Waals surface area contributed by atoms with Crippen molar-refractivity contribution in [3.8, 4) is 0 Å². The molecule has 0 unspecified atom stereocenters. The van der Waals surface area contributed by atoms with Crippen LogP contribution in [-0.4, -0.2) is 16.9 Å². The first kappa shape index (κ1) is 14.2. The third kappa shape index (κ3) is 2.80. The van der Waals surface area contributed by atoms with Gasteiger partial charge in [-0.3, -0.25) is 4.98 Å². The van der Waals surface area contributed by atoms with E-state index in [2.05, 4.69) is 16.9 Å². The molecule has 1 fully saturated rings. The number of rotatable bonds is 3. The predicted molar refractivity (Wildman–Crippen MR) is 85.1 cm³/mol. The van der Waals surface area contributed by atoms with E-state index < -0.39 is 5.97 Å². The van der Waals surface area contributed by atoms with Crippen LogP contribution >= 0.6 is 11.6 Å². The van der Waals surface area contributed by atoms with Crippen molar-refractivity contribution in [2.75, 3.05) is 0 Å². The molecule has 1 saturated carbocycles. The molecule has 5 nitrogen and oxygen atoms in total. The standard InChI is InChI=1S/C17H13ClN2O3/c1-9-6-12(9)15-3-2-11(22-15)8-14-17(21)23-16(20-14)13-7-10(18)4-5-19-13/h2-5,7-9,12H,6H2,1H3/b14-8-/t9-,12+/m0/s1. The molecule has 2 atom stereocenters.